The minimum Gasteiger partial charge on any atom is -0.462 e. The van der Waals surface area contributed by atoms with E-state index in [2.05, 4.69) is 32.9 Å². The zero-order valence-electron chi connectivity index (χ0n) is 41.2. The Hall–Kier alpha value is -1.85. The van der Waals surface area contributed by atoms with Crippen LogP contribution < -0.4 is 0 Å². The Balaban J connectivity index is 4.16. The number of unbranched alkanes of at least 4 members (excludes halogenated alkanes) is 37. The molecule has 0 aromatic carbocycles. The lowest BCUT2D eigenvalue weighted by Gasteiger charge is -2.18. The van der Waals surface area contributed by atoms with Crippen LogP contribution in [0.5, 0.6) is 0 Å². The molecular weight excluding hydrogens is 757 g/mol. The summed E-state index contributed by atoms with van der Waals surface area (Å²) < 4.78 is 16.8. The molecule has 0 aromatic heterocycles. The highest BCUT2D eigenvalue weighted by Gasteiger charge is 2.19. The Morgan fingerprint density at radius 3 is 0.869 bits per heavy atom. The third-order valence-corrected chi connectivity index (χ3v) is 12.3. The third-order valence-electron chi connectivity index (χ3n) is 12.3. The van der Waals surface area contributed by atoms with E-state index in [0.717, 1.165) is 64.2 Å². The van der Waals surface area contributed by atoms with Crippen LogP contribution in [0, 0.1) is 0 Å². The number of carbonyl (C=O) groups is 3. The Morgan fingerprint density at radius 2 is 0.557 bits per heavy atom. The maximum Gasteiger partial charge on any atom is 0.306 e. The molecule has 0 fully saturated rings. The summed E-state index contributed by atoms with van der Waals surface area (Å²) >= 11 is 0. The Kier molecular flexibility index (Phi) is 49.3. The van der Waals surface area contributed by atoms with E-state index in [9.17, 15) is 14.4 Å². The molecule has 0 saturated heterocycles. The molecule has 0 aliphatic carbocycles. The highest BCUT2D eigenvalue weighted by atomic mass is 16.6. The van der Waals surface area contributed by atoms with Crippen molar-refractivity contribution in [1.29, 1.82) is 0 Å². The van der Waals surface area contributed by atoms with Crippen LogP contribution in [-0.4, -0.2) is 37.2 Å². The van der Waals surface area contributed by atoms with Crippen molar-refractivity contribution in [3.63, 3.8) is 0 Å². The van der Waals surface area contributed by atoms with Gasteiger partial charge >= 0.3 is 17.9 Å². The second kappa shape index (κ2) is 50.8. The molecule has 0 aliphatic rings. The van der Waals surface area contributed by atoms with Gasteiger partial charge in [0.05, 0.1) is 0 Å². The van der Waals surface area contributed by atoms with E-state index in [1.165, 1.54) is 199 Å². The number of hydrogen-bond donors (Lipinski definition) is 0. The fourth-order valence-electron chi connectivity index (χ4n) is 8.13. The van der Waals surface area contributed by atoms with Crippen molar-refractivity contribution in [2.24, 2.45) is 0 Å². The van der Waals surface area contributed by atoms with Crippen molar-refractivity contribution < 1.29 is 28.6 Å². The lowest BCUT2D eigenvalue weighted by Crippen LogP contribution is -2.30. The van der Waals surface area contributed by atoms with Crippen LogP contribution in [0.25, 0.3) is 0 Å². The topological polar surface area (TPSA) is 78.9 Å². The summed E-state index contributed by atoms with van der Waals surface area (Å²) in [6, 6.07) is 0. The molecule has 0 spiro atoms. The predicted octanol–water partition coefficient (Wildman–Crippen LogP) is 17.8. The summed E-state index contributed by atoms with van der Waals surface area (Å²) in [7, 11) is 0. The van der Waals surface area contributed by atoms with Gasteiger partial charge < -0.3 is 14.2 Å². The van der Waals surface area contributed by atoms with Gasteiger partial charge in [-0.3, -0.25) is 14.4 Å². The van der Waals surface area contributed by atoms with Gasteiger partial charge in [-0.2, -0.15) is 0 Å². The van der Waals surface area contributed by atoms with E-state index < -0.39 is 6.10 Å². The van der Waals surface area contributed by atoms with Crippen LogP contribution in [0.2, 0.25) is 0 Å². The molecule has 0 amide bonds. The number of carbonyl (C=O) groups excluding carboxylic acids is 3. The Morgan fingerprint density at radius 1 is 0.311 bits per heavy atom. The van der Waals surface area contributed by atoms with Gasteiger partial charge in [-0.1, -0.05) is 258 Å². The van der Waals surface area contributed by atoms with E-state index in [1.807, 2.05) is 0 Å². The Bertz CT molecular complexity index is 947. The fourth-order valence-corrected chi connectivity index (χ4v) is 8.13. The van der Waals surface area contributed by atoms with E-state index >= 15 is 0 Å². The first-order valence-electron chi connectivity index (χ1n) is 27.2. The van der Waals surface area contributed by atoms with Crippen LogP contribution in [0.15, 0.2) is 12.2 Å². The normalized spacial score (nSPS) is 12.0. The summed E-state index contributed by atoms with van der Waals surface area (Å²) in [6.07, 6.45) is 56.4. The van der Waals surface area contributed by atoms with Crippen molar-refractivity contribution >= 4 is 17.9 Å². The molecule has 61 heavy (non-hydrogen) atoms. The molecule has 6 nitrogen and oxygen atoms in total. The van der Waals surface area contributed by atoms with Gasteiger partial charge in [0.1, 0.15) is 13.2 Å². The average molecular weight is 861 g/mol. The average Bonchev–Trinajstić information content (AvgIpc) is 3.26. The lowest BCUT2D eigenvalue weighted by atomic mass is 10.0. The number of esters is 3. The van der Waals surface area contributed by atoms with Gasteiger partial charge in [0, 0.05) is 19.3 Å². The molecule has 0 radical (unpaired) electrons. The molecule has 0 aliphatic heterocycles. The zero-order chi connectivity index (χ0) is 44.4. The highest BCUT2D eigenvalue weighted by molar-refractivity contribution is 5.71. The molecule has 0 rings (SSSR count). The van der Waals surface area contributed by atoms with Gasteiger partial charge in [0.15, 0.2) is 6.10 Å². The van der Waals surface area contributed by atoms with Gasteiger partial charge in [-0.15, -0.1) is 0 Å². The largest absolute Gasteiger partial charge is 0.462 e. The summed E-state index contributed by atoms with van der Waals surface area (Å²) in [6.45, 7) is 6.62. The van der Waals surface area contributed by atoms with Crippen molar-refractivity contribution in [2.75, 3.05) is 13.2 Å². The minimum absolute atomic E-state index is 0.0683. The van der Waals surface area contributed by atoms with Crippen LogP contribution in [-0.2, 0) is 28.6 Å². The fraction of sp³-hybridized carbons (Fsp3) is 0.909. The monoisotopic (exact) mass is 861 g/mol. The van der Waals surface area contributed by atoms with Crippen molar-refractivity contribution in [2.45, 2.75) is 309 Å². The molecule has 0 bridgehead atoms. The van der Waals surface area contributed by atoms with Crippen molar-refractivity contribution in [1.82, 2.24) is 0 Å². The van der Waals surface area contributed by atoms with Crippen LogP contribution in [0.3, 0.4) is 0 Å². The molecule has 1 atom stereocenters. The van der Waals surface area contributed by atoms with E-state index in [4.69, 9.17) is 14.2 Å². The summed E-state index contributed by atoms with van der Waals surface area (Å²) in [5.74, 6) is -0.863. The maximum absolute atomic E-state index is 12.7. The first kappa shape index (κ1) is 59.1. The second-order valence-corrected chi connectivity index (χ2v) is 18.5. The highest BCUT2D eigenvalue weighted by Crippen LogP contribution is 2.17. The number of rotatable bonds is 50. The van der Waals surface area contributed by atoms with Crippen LogP contribution in [0.1, 0.15) is 303 Å². The minimum atomic E-state index is -0.767. The van der Waals surface area contributed by atoms with Crippen molar-refractivity contribution in [3.05, 3.63) is 12.2 Å². The molecule has 0 saturated carbocycles. The third kappa shape index (κ3) is 49.0. The zero-order valence-corrected chi connectivity index (χ0v) is 41.2. The number of hydrogen-bond acceptors (Lipinski definition) is 6. The van der Waals surface area contributed by atoms with Gasteiger partial charge in [0.2, 0.25) is 0 Å². The lowest BCUT2D eigenvalue weighted by molar-refractivity contribution is -0.167. The smallest absolute Gasteiger partial charge is 0.306 e. The maximum atomic E-state index is 12.7. The summed E-state index contributed by atoms with van der Waals surface area (Å²) in [5, 5.41) is 0. The van der Waals surface area contributed by atoms with Crippen molar-refractivity contribution in [3.8, 4) is 0 Å². The predicted molar refractivity (Wildman–Crippen MR) is 261 cm³/mol. The van der Waals surface area contributed by atoms with E-state index in [-0.39, 0.29) is 31.1 Å². The molecular formula is C55H104O6. The molecule has 1 unspecified atom stereocenters. The summed E-state index contributed by atoms with van der Waals surface area (Å²) in [4.78, 5) is 37.9. The van der Waals surface area contributed by atoms with Crippen LogP contribution >= 0.6 is 0 Å². The number of allylic oxidation sites excluding steroid dienone is 2. The van der Waals surface area contributed by atoms with E-state index in [0.29, 0.717) is 19.3 Å². The quantitative estimate of drug-likeness (QED) is 0.0262. The van der Waals surface area contributed by atoms with Gasteiger partial charge in [-0.05, 0) is 38.5 Å². The molecule has 360 valence electrons. The second-order valence-electron chi connectivity index (χ2n) is 18.5. The van der Waals surface area contributed by atoms with Gasteiger partial charge in [-0.25, -0.2) is 0 Å². The number of ether oxygens (including phenoxy) is 3. The first-order chi connectivity index (χ1) is 30.0. The Labute approximate surface area is 380 Å². The molecule has 6 heteroatoms. The van der Waals surface area contributed by atoms with Crippen LogP contribution in [0.4, 0.5) is 0 Å². The molecule has 0 N–H and O–H groups in total. The molecule has 0 heterocycles. The van der Waals surface area contributed by atoms with E-state index in [1.54, 1.807) is 0 Å². The standard InChI is InChI=1S/C55H104O6/c1-4-7-10-13-16-19-22-23-24-25-26-27-28-29-30-31-32-34-36-39-42-45-48-54(57)60-51-52(50-59-53(56)47-44-41-38-35-21-18-15-12-9-6-3)61-55(58)49-46-43-40-37-33-20-17-14-11-8-5-2/h14,17,52H,4-13,15-16,18-51H2,1-3H3/b17-14-. The first-order valence-corrected chi connectivity index (χ1v) is 27.2. The summed E-state index contributed by atoms with van der Waals surface area (Å²) in [5.41, 5.74) is 0. The van der Waals surface area contributed by atoms with Gasteiger partial charge in [0.25, 0.3) is 0 Å². The molecule has 0 aromatic rings. The SMILES string of the molecule is CCCC/C=C\CCCCCCCC(=O)OC(COC(=O)CCCCCCCCCCCC)COC(=O)CCCCCCCCCCCCCCCCCCCCCCCC.